The standard InChI is InChI=1S/C20H32N4O.HI/c1-2-3-4-8-12-22-20(21)23-15-18-14-19(25)24(16-18)13-11-17-9-6-5-7-10-17;/h5-7,9-10,18H,2-4,8,11-16H2,1H3,(H3,21,22,23);1H. The summed E-state index contributed by atoms with van der Waals surface area (Å²) in [6, 6.07) is 10.3. The molecule has 26 heavy (non-hydrogen) atoms. The van der Waals surface area contributed by atoms with Crippen molar-refractivity contribution in [2.24, 2.45) is 16.6 Å². The number of nitrogens with two attached hydrogens (primary N) is 1. The minimum absolute atomic E-state index is 0. The number of aliphatic imine (C=N–C) groups is 1. The lowest BCUT2D eigenvalue weighted by Crippen LogP contribution is -2.33. The third-order valence-corrected chi connectivity index (χ3v) is 4.66. The van der Waals surface area contributed by atoms with Gasteiger partial charge in [0.1, 0.15) is 0 Å². The van der Waals surface area contributed by atoms with Crippen LogP contribution in [0.1, 0.15) is 44.6 Å². The number of halogens is 1. The molecule has 3 N–H and O–H groups in total. The largest absolute Gasteiger partial charge is 0.370 e. The van der Waals surface area contributed by atoms with Crippen LogP contribution in [0.15, 0.2) is 35.3 Å². The number of amides is 1. The Kier molecular flexibility index (Phi) is 11.3. The molecule has 1 aliphatic rings. The zero-order chi connectivity index (χ0) is 17.9. The summed E-state index contributed by atoms with van der Waals surface area (Å²) in [5.74, 6) is 1.03. The molecule has 0 spiro atoms. The van der Waals surface area contributed by atoms with Crippen LogP contribution < -0.4 is 11.1 Å². The van der Waals surface area contributed by atoms with Gasteiger partial charge in [0.2, 0.25) is 5.91 Å². The summed E-state index contributed by atoms with van der Waals surface area (Å²) in [5.41, 5.74) is 7.18. The Labute approximate surface area is 174 Å². The fourth-order valence-corrected chi connectivity index (χ4v) is 3.15. The summed E-state index contributed by atoms with van der Waals surface area (Å²) in [4.78, 5) is 18.5. The Morgan fingerprint density at radius 3 is 2.77 bits per heavy atom. The van der Waals surface area contributed by atoms with E-state index in [1.807, 2.05) is 23.1 Å². The quantitative estimate of drug-likeness (QED) is 0.238. The first-order valence-corrected chi connectivity index (χ1v) is 9.54. The highest BCUT2D eigenvalue weighted by Gasteiger charge is 2.28. The van der Waals surface area contributed by atoms with Crippen LogP contribution in [0.4, 0.5) is 0 Å². The molecule has 0 radical (unpaired) electrons. The van der Waals surface area contributed by atoms with Gasteiger partial charge in [0, 0.05) is 38.5 Å². The summed E-state index contributed by atoms with van der Waals surface area (Å²) in [6.07, 6.45) is 6.34. The molecule has 0 aromatic heterocycles. The van der Waals surface area contributed by atoms with Gasteiger partial charge in [-0.2, -0.15) is 0 Å². The number of rotatable bonds is 10. The number of carbonyl (C=O) groups is 1. The van der Waals surface area contributed by atoms with Gasteiger partial charge in [0.25, 0.3) is 0 Å². The van der Waals surface area contributed by atoms with Gasteiger partial charge >= 0.3 is 0 Å². The molecular weight excluding hydrogens is 439 g/mol. The average molecular weight is 472 g/mol. The second kappa shape index (κ2) is 12.9. The number of benzene rings is 1. The normalized spacial score (nSPS) is 17.3. The molecule has 1 amide bonds. The highest BCUT2D eigenvalue weighted by molar-refractivity contribution is 14.0. The first-order valence-electron chi connectivity index (χ1n) is 9.54. The molecule has 6 heteroatoms. The zero-order valence-corrected chi connectivity index (χ0v) is 18.2. The number of guanidine groups is 1. The monoisotopic (exact) mass is 472 g/mol. The van der Waals surface area contributed by atoms with Crippen molar-refractivity contribution in [2.75, 3.05) is 26.2 Å². The molecule has 146 valence electrons. The van der Waals surface area contributed by atoms with Crippen molar-refractivity contribution in [2.45, 2.75) is 45.4 Å². The molecule has 1 aliphatic heterocycles. The Morgan fingerprint density at radius 1 is 1.27 bits per heavy atom. The van der Waals surface area contributed by atoms with E-state index in [9.17, 15) is 4.79 Å². The highest BCUT2D eigenvalue weighted by atomic mass is 127. The molecule has 1 unspecified atom stereocenters. The molecule has 1 atom stereocenters. The number of carbonyl (C=O) groups excluding carboxylic acids is 1. The lowest BCUT2D eigenvalue weighted by Gasteiger charge is -2.16. The maximum absolute atomic E-state index is 12.2. The number of hydrogen-bond donors (Lipinski definition) is 2. The van der Waals surface area contributed by atoms with E-state index in [0.717, 1.165) is 32.5 Å². The predicted molar refractivity (Wildman–Crippen MR) is 119 cm³/mol. The molecule has 0 saturated carbocycles. The lowest BCUT2D eigenvalue weighted by atomic mass is 10.1. The molecule has 0 aliphatic carbocycles. The Balaban J connectivity index is 0.00000338. The summed E-state index contributed by atoms with van der Waals surface area (Å²) in [6.45, 7) is 5.28. The number of nitrogens with one attached hydrogen (secondary N) is 1. The van der Waals surface area contributed by atoms with E-state index in [4.69, 9.17) is 5.73 Å². The smallest absolute Gasteiger partial charge is 0.223 e. The van der Waals surface area contributed by atoms with Crippen LogP contribution in [0.5, 0.6) is 0 Å². The molecule has 1 saturated heterocycles. The van der Waals surface area contributed by atoms with Crippen LogP contribution in [0, 0.1) is 5.92 Å². The van der Waals surface area contributed by atoms with Gasteiger partial charge in [-0.25, -0.2) is 0 Å². The minimum Gasteiger partial charge on any atom is -0.370 e. The van der Waals surface area contributed by atoms with Crippen molar-refractivity contribution in [1.82, 2.24) is 10.2 Å². The van der Waals surface area contributed by atoms with Crippen LogP contribution in [-0.2, 0) is 11.2 Å². The van der Waals surface area contributed by atoms with Gasteiger partial charge in [0.05, 0.1) is 0 Å². The Hall–Kier alpha value is -1.31. The predicted octanol–water partition coefficient (Wildman–Crippen LogP) is 3.18. The summed E-state index contributed by atoms with van der Waals surface area (Å²) in [5, 5.41) is 3.16. The van der Waals surface area contributed by atoms with Gasteiger partial charge in [-0.3, -0.25) is 9.79 Å². The molecule has 1 heterocycles. The van der Waals surface area contributed by atoms with E-state index < -0.39 is 0 Å². The maximum Gasteiger partial charge on any atom is 0.223 e. The first kappa shape index (κ1) is 22.7. The zero-order valence-electron chi connectivity index (χ0n) is 15.8. The Morgan fingerprint density at radius 2 is 2.04 bits per heavy atom. The van der Waals surface area contributed by atoms with Gasteiger partial charge in [-0.15, -0.1) is 24.0 Å². The number of hydrogen-bond acceptors (Lipinski definition) is 2. The SMILES string of the molecule is CCCCCCNC(N)=NCC1CC(=O)N(CCc2ccccc2)C1.I. The van der Waals surface area contributed by atoms with Gasteiger partial charge < -0.3 is 16.0 Å². The van der Waals surface area contributed by atoms with Crippen LogP contribution in [0.3, 0.4) is 0 Å². The van der Waals surface area contributed by atoms with Gasteiger partial charge in [-0.05, 0) is 18.4 Å². The van der Waals surface area contributed by atoms with E-state index in [1.165, 1.54) is 24.8 Å². The summed E-state index contributed by atoms with van der Waals surface area (Å²) >= 11 is 0. The second-order valence-electron chi connectivity index (χ2n) is 6.86. The van der Waals surface area contributed by atoms with Crippen LogP contribution in [0.25, 0.3) is 0 Å². The van der Waals surface area contributed by atoms with Crippen molar-refractivity contribution in [3.8, 4) is 0 Å². The van der Waals surface area contributed by atoms with Crippen molar-refractivity contribution < 1.29 is 4.79 Å². The highest BCUT2D eigenvalue weighted by Crippen LogP contribution is 2.18. The molecular formula is C20H33IN4O. The molecule has 2 rings (SSSR count). The molecule has 1 fully saturated rings. The van der Waals surface area contributed by atoms with Crippen molar-refractivity contribution in [1.29, 1.82) is 0 Å². The lowest BCUT2D eigenvalue weighted by molar-refractivity contribution is -0.127. The molecule has 0 bridgehead atoms. The summed E-state index contributed by atoms with van der Waals surface area (Å²) in [7, 11) is 0. The van der Waals surface area contributed by atoms with E-state index in [1.54, 1.807) is 0 Å². The van der Waals surface area contributed by atoms with E-state index in [-0.39, 0.29) is 35.8 Å². The fourth-order valence-electron chi connectivity index (χ4n) is 3.15. The minimum atomic E-state index is 0. The van der Waals surface area contributed by atoms with Crippen molar-refractivity contribution in [3.05, 3.63) is 35.9 Å². The topological polar surface area (TPSA) is 70.7 Å². The van der Waals surface area contributed by atoms with E-state index in [0.29, 0.717) is 18.9 Å². The van der Waals surface area contributed by atoms with E-state index >= 15 is 0 Å². The second-order valence-corrected chi connectivity index (χ2v) is 6.86. The number of nitrogens with zero attached hydrogens (tertiary/aromatic N) is 2. The van der Waals surface area contributed by atoms with Gasteiger partial charge in [-0.1, -0.05) is 56.5 Å². The van der Waals surface area contributed by atoms with Crippen LogP contribution in [0.2, 0.25) is 0 Å². The van der Waals surface area contributed by atoms with Crippen molar-refractivity contribution >= 4 is 35.8 Å². The summed E-state index contributed by atoms with van der Waals surface area (Å²) < 4.78 is 0. The van der Waals surface area contributed by atoms with Crippen molar-refractivity contribution in [3.63, 3.8) is 0 Å². The third kappa shape index (κ3) is 8.38. The number of likely N-dealkylation sites (tertiary alicyclic amines) is 1. The third-order valence-electron chi connectivity index (χ3n) is 4.66. The van der Waals surface area contributed by atoms with Crippen LogP contribution in [-0.4, -0.2) is 42.9 Å². The average Bonchev–Trinajstić information content (AvgIpc) is 2.99. The molecule has 1 aromatic rings. The number of unbranched alkanes of at least 4 members (excludes halogenated alkanes) is 3. The maximum atomic E-state index is 12.2. The van der Waals surface area contributed by atoms with Gasteiger partial charge in [0.15, 0.2) is 5.96 Å². The fraction of sp³-hybridized carbons (Fsp3) is 0.600. The first-order chi connectivity index (χ1) is 12.2. The Bertz CT molecular complexity index is 550. The molecule has 5 nitrogen and oxygen atoms in total. The van der Waals surface area contributed by atoms with Crippen LogP contribution >= 0.6 is 24.0 Å². The van der Waals surface area contributed by atoms with E-state index in [2.05, 4.69) is 29.4 Å². The molecule has 1 aromatic carbocycles.